The molecule has 0 spiro atoms. The predicted octanol–water partition coefficient (Wildman–Crippen LogP) is 2.51. The van der Waals surface area contributed by atoms with E-state index in [1.807, 2.05) is 6.07 Å². The molecule has 0 radical (unpaired) electrons. The molecule has 1 aromatic heterocycles. The third-order valence-corrected chi connectivity index (χ3v) is 3.22. The van der Waals surface area contributed by atoms with Crippen LogP contribution in [0.5, 0.6) is 11.8 Å². The van der Waals surface area contributed by atoms with E-state index in [4.69, 9.17) is 9.84 Å². The maximum atomic E-state index is 11.1. The summed E-state index contributed by atoms with van der Waals surface area (Å²) < 4.78 is 5.48. The quantitative estimate of drug-likeness (QED) is 0.796. The van der Waals surface area contributed by atoms with Crippen molar-refractivity contribution in [1.29, 1.82) is 0 Å². The number of carboxylic acid groups (broad SMARTS) is 1. The van der Waals surface area contributed by atoms with Crippen molar-refractivity contribution in [2.45, 2.75) is 26.7 Å². The van der Waals surface area contributed by atoms with Crippen LogP contribution in [0.1, 0.15) is 33.7 Å². The summed E-state index contributed by atoms with van der Waals surface area (Å²) in [5, 5.41) is 18.4. The molecular formula is C16H18N2O4. The van der Waals surface area contributed by atoms with Crippen LogP contribution in [0.4, 0.5) is 0 Å². The van der Waals surface area contributed by atoms with Crippen molar-refractivity contribution in [1.82, 2.24) is 9.97 Å². The van der Waals surface area contributed by atoms with Gasteiger partial charge < -0.3 is 14.9 Å². The molecule has 22 heavy (non-hydrogen) atoms. The van der Waals surface area contributed by atoms with E-state index in [9.17, 15) is 9.90 Å². The number of nitrogens with zero attached hydrogens (tertiary/aromatic N) is 2. The van der Waals surface area contributed by atoms with Crippen LogP contribution in [-0.2, 0) is 6.42 Å². The molecule has 0 atom stereocenters. The van der Waals surface area contributed by atoms with Crippen LogP contribution in [0.2, 0.25) is 0 Å². The SMILES string of the molecule is Cc1nc(OCCCc2cccc(O)c2)nc(C)c1C(=O)O. The molecule has 0 aliphatic carbocycles. The van der Waals surface area contributed by atoms with Gasteiger partial charge in [-0.2, -0.15) is 9.97 Å². The summed E-state index contributed by atoms with van der Waals surface area (Å²) in [4.78, 5) is 19.2. The van der Waals surface area contributed by atoms with Gasteiger partial charge in [0.15, 0.2) is 0 Å². The van der Waals surface area contributed by atoms with Crippen molar-refractivity contribution >= 4 is 5.97 Å². The van der Waals surface area contributed by atoms with Gasteiger partial charge in [-0.25, -0.2) is 4.79 Å². The zero-order chi connectivity index (χ0) is 16.1. The number of phenolic OH excluding ortho intramolecular Hbond substituents is 1. The molecule has 0 bridgehead atoms. The van der Waals surface area contributed by atoms with Gasteiger partial charge in [0.2, 0.25) is 0 Å². The maximum Gasteiger partial charge on any atom is 0.339 e. The Morgan fingerprint density at radius 3 is 2.50 bits per heavy atom. The number of hydrogen-bond donors (Lipinski definition) is 2. The largest absolute Gasteiger partial charge is 0.508 e. The fraction of sp³-hybridized carbons (Fsp3) is 0.312. The van der Waals surface area contributed by atoms with Gasteiger partial charge in [0.05, 0.1) is 18.0 Å². The minimum Gasteiger partial charge on any atom is -0.508 e. The lowest BCUT2D eigenvalue weighted by Crippen LogP contribution is -2.10. The van der Waals surface area contributed by atoms with Crippen LogP contribution in [0.3, 0.4) is 0 Å². The highest BCUT2D eigenvalue weighted by molar-refractivity contribution is 5.89. The van der Waals surface area contributed by atoms with Gasteiger partial charge >= 0.3 is 12.0 Å². The van der Waals surface area contributed by atoms with Crippen LogP contribution in [0, 0.1) is 13.8 Å². The van der Waals surface area contributed by atoms with Gasteiger partial charge in [0.25, 0.3) is 0 Å². The molecule has 2 aromatic rings. The van der Waals surface area contributed by atoms with Gasteiger partial charge in [0, 0.05) is 0 Å². The summed E-state index contributed by atoms with van der Waals surface area (Å²) in [5.74, 6) is -0.789. The van der Waals surface area contributed by atoms with E-state index in [0.717, 1.165) is 18.4 Å². The number of benzene rings is 1. The van der Waals surface area contributed by atoms with Crippen LogP contribution in [-0.4, -0.2) is 32.8 Å². The zero-order valence-electron chi connectivity index (χ0n) is 12.5. The Kier molecular flexibility index (Phi) is 4.93. The molecular weight excluding hydrogens is 284 g/mol. The summed E-state index contributed by atoms with van der Waals surface area (Å²) in [6.45, 7) is 3.66. The molecule has 6 nitrogen and oxygen atoms in total. The van der Waals surface area contributed by atoms with Crippen LogP contribution in [0.15, 0.2) is 24.3 Å². The first kappa shape index (κ1) is 15.8. The van der Waals surface area contributed by atoms with E-state index in [-0.39, 0.29) is 17.3 Å². The molecule has 1 aromatic carbocycles. The Hall–Kier alpha value is -2.63. The number of carboxylic acids is 1. The molecule has 0 saturated carbocycles. The van der Waals surface area contributed by atoms with Crippen molar-refractivity contribution in [3.8, 4) is 11.8 Å². The topological polar surface area (TPSA) is 92.5 Å². The number of hydrogen-bond acceptors (Lipinski definition) is 5. The lowest BCUT2D eigenvalue weighted by Gasteiger charge is -2.08. The number of aromatic carboxylic acids is 1. The molecule has 2 N–H and O–H groups in total. The number of phenols is 1. The van der Waals surface area contributed by atoms with Crippen LogP contribution < -0.4 is 4.74 Å². The Morgan fingerprint density at radius 2 is 1.91 bits per heavy atom. The number of ether oxygens (including phenoxy) is 1. The molecule has 1 heterocycles. The predicted molar refractivity (Wildman–Crippen MR) is 80.4 cm³/mol. The van der Waals surface area contributed by atoms with Gasteiger partial charge in [-0.3, -0.25) is 0 Å². The van der Waals surface area contributed by atoms with Crippen molar-refractivity contribution in [3.63, 3.8) is 0 Å². The Labute approximate surface area is 128 Å². The highest BCUT2D eigenvalue weighted by Crippen LogP contribution is 2.15. The fourth-order valence-corrected chi connectivity index (χ4v) is 2.21. The fourth-order valence-electron chi connectivity index (χ4n) is 2.21. The first-order valence-corrected chi connectivity index (χ1v) is 6.96. The zero-order valence-corrected chi connectivity index (χ0v) is 12.5. The second-order valence-corrected chi connectivity index (χ2v) is 4.98. The average Bonchev–Trinajstić information content (AvgIpc) is 2.42. The first-order chi connectivity index (χ1) is 10.5. The average molecular weight is 302 g/mol. The number of rotatable bonds is 6. The summed E-state index contributed by atoms with van der Waals surface area (Å²) in [7, 11) is 0. The maximum absolute atomic E-state index is 11.1. The molecule has 0 aliphatic heterocycles. The number of aromatic hydroxyl groups is 1. The summed E-state index contributed by atoms with van der Waals surface area (Å²) >= 11 is 0. The van der Waals surface area contributed by atoms with E-state index in [0.29, 0.717) is 18.0 Å². The van der Waals surface area contributed by atoms with E-state index < -0.39 is 5.97 Å². The van der Waals surface area contributed by atoms with Crippen molar-refractivity contribution in [2.75, 3.05) is 6.61 Å². The molecule has 0 saturated heterocycles. The minimum atomic E-state index is -1.04. The highest BCUT2D eigenvalue weighted by atomic mass is 16.5. The van der Waals surface area contributed by atoms with E-state index in [2.05, 4.69) is 9.97 Å². The molecule has 6 heteroatoms. The lowest BCUT2D eigenvalue weighted by molar-refractivity contribution is 0.0694. The number of aromatic nitrogens is 2. The normalized spacial score (nSPS) is 10.5. The third kappa shape index (κ3) is 3.94. The number of carbonyl (C=O) groups is 1. The Morgan fingerprint density at radius 1 is 1.23 bits per heavy atom. The van der Waals surface area contributed by atoms with Crippen LogP contribution in [0.25, 0.3) is 0 Å². The van der Waals surface area contributed by atoms with Gasteiger partial charge in [-0.05, 0) is 44.4 Å². The summed E-state index contributed by atoms with van der Waals surface area (Å²) in [6.07, 6.45) is 1.51. The number of aryl methyl sites for hydroxylation is 3. The Balaban J connectivity index is 1.91. The van der Waals surface area contributed by atoms with Gasteiger partial charge in [-0.15, -0.1) is 0 Å². The van der Waals surface area contributed by atoms with Crippen LogP contribution >= 0.6 is 0 Å². The molecule has 116 valence electrons. The molecule has 2 rings (SSSR count). The lowest BCUT2D eigenvalue weighted by atomic mass is 10.1. The Bertz CT molecular complexity index is 663. The second kappa shape index (κ2) is 6.89. The van der Waals surface area contributed by atoms with Gasteiger partial charge in [-0.1, -0.05) is 12.1 Å². The van der Waals surface area contributed by atoms with Gasteiger partial charge in [0.1, 0.15) is 11.3 Å². The monoisotopic (exact) mass is 302 g/mol. The molecule has 0 amide bonds. The first-order valence-electron chi connectivity index (χ1n) is 6.96. The van der Waals surface area contributed by atoms with E-state index in [1.54, 1.807) is 32.0 Å². The van der Waals surface area contributed by atoms with Crippen molar-refractivity contribution < 1.29 is 19.7 Å². The molecule has 0 unspecified atom stereocenters. The third-order valence-electron chi connectivity index (χ3n) is 3.22. The highest BCUT2D eigenvalue weighted by Gasteiger charge is 2.15. The minimum absolute atomic E-state index is 0.118. The summed E-state index contributed by atoms with van der Waals surface area (Å²) in [5.41, 5.74) is 1.93. The standard InChI is InChI=1S/C16H18N2O4/c1-10-14(15(20)21)11(2)18-16(17-10)22-8-4-6-12-5-3-7-13(19)9-12/h3,5,7,9,19H,4,6,8H2,1-2H3,(H,20,21). The van der Waals surface area contributed by atoms with Crippen molar-refractivity contribution in [2.24, 2.45) is 0 Å². The molecule has 0 aliphatic rings. The van der Waals surface area contributed by atoms with Crippen molar-refractivity contribution in [3.05, 3.63) is 46.8 Å². The van der Waals surface area contributed by atoms with E-state index in [1.165, 1.54) is 0 Å². The second-order valence-electron chi connectivity index (χ2n) is 4.98. The van der Waals surface area contributed by atoms with E-state index >= 15 is 0 Å². The summed E-state index contributed by atoms with van der Waals surface area (Å²) in [6, 6.07) is 7.27. The smallest absolute Gasteiger partial charge is 0.339 e. The molecule has 0 fully saturated rings.